The lowest BCUT2D eigenvalue weighted by molar-refractivity contribution is -0.384. The van der Waals surface area contributed by atoms with Crippen molar-refractivity contribution in [2.75, 3.05) is 5.32 Å². The lowest BCUT2D eigenvalue weighted by Gasteiger charge is -2.03. The molecule has 0 bridgehead atoms. The van der Waals surface area contributed by atoms with E-state index in [1.54, 1.807) is 13.8 Å². The Bertz CT molecular complexity index is 696. The first-order chi connectivity index (χ1) is 9.40. The number of nitro benzene ring substituents is 1. The van der Waals surface area contributed by atoms with Gasteiger partial charge in [0.25, 0.3) is 11.6 Å². The molecule has 0 aliphatic rings. The maximum atomic E-state index is 13.6. The first-order valence-electron chi connectivity index (χ1n) is 5.58. The molecule has 1 amide bonds. The number of hydrogen-bond donors (Lipinski definition) is 1. The van der Waals surface area contributed by atoms with Crippen molar-refractivity contribution in [1.29, 1.82) is 0 Å². The normalized spacial score (nSPS) is 10.3. The second-order valence-corrected chi connectivity index (χ2v) is 4.10. The van der Waals surface area contributed by atoms with Crippen molar-refractivity contribution in [3.05, 3.63) is 51.0 Å². The highest BCUT2D eigenvalue weighted by Gasteiger charge is 2.19. The summed E-state index contributed by atoms with van der Waals surface area (Å²) in [5, 5.41) is 16.6. The van der Waals surface area contributed by atoms with E-state index in [0.717, 1.165) is 18.2 Å². The van der Waals surface area contributed by atoms with Gasteiger partial charge in [-0.1, -0.05) is 5.16 Å². The molecule has 0 radical (unpaired) electrons. The van der Waals surface area contributed by atoms with Gasteiger partial charge in [-0.15, -0.1) is 0 Å². The van der Waals surface area contributed by atoms with Crippen LogP contribution in [-0.2, 0) is 0 Å². The number of carbonyl (C=O) groups is 1. The van der Waals surface area contributed by atoms with Crippen LogP contribution in [0.2, 0.25) is 0 Å². The second-order valence-electron chi connectivity index (χ2n) is 4.10. The number of non-ortho nitro benzene ring substituents is 1. The minimum Gasteiger partial charge on any atom is -0.338 e. The number of hydrogen-bond acceptors (Lipinski definition) is 5. The summed E-state index contributed by atoms with van der Waals surface area (Å²) in [6.07, 6.45) is 0. The van der Waals surface area contributed by atoms with E-state index in [-0.39, 0.29) is 11.6 Å². The lowest BCUT2D eigenvalue weighted by atomic mass is 10.1. The molecule has 0 aliphatic heterocycles. The summed E-state index contributed by atoms with van der Waals surface area (Å²) in [5.74, 6) is -1.62. The highest BCUT2D eigenvalue weighted by molar-refractivity contribution is 6.04. The molecular weight excluding hydrogens is 269 g/mol. The van der Waals surface area contributed by atoms with Crippen molar-refractivity contribution in [3.63, 3.8) is 0 Å². The number of benzene rings is 1. The van der Waals surface area contributed by atoms with Crippen LogP contribution in [0.25, 0.3) is 0 Å². The van der Waals surface area contributed by atoms with E-state index < -0.39 is 22.2 Å². The van der Waals surface area contributed by atoms with Crippen molar-refractivity contribution in [2.45, 2.75) is 13.8 Å². The second kappa shape index (κ2) is 5.08. The molecule has 2 rings (SSSR count). The van der Waals surface area contributed by atoms with Gasteiger partial charge < -0.3 is 4.52 Å². The monoisotopic (exact) mass is 279 g/mol. The number of anilines is 1. The SMILES string of the molecule is Cc1noc(NC(=O)c2cc([N+](=O)[O-])ccc2F)c1C. The van der Waals surface area contributed by atoms with E-state index in [1.807, 2.05) is 0 Å². The minimum atomic E-state index is -0.859. The van der Waals surface area contributed by atoms with E-state index in [1.165, 1.54) is 0 Å². The third kappa shape index (κ3) is 2.48. The fourth-order valence-corrected chi connectivity index (χ4v) is 1.50. The summed E-state index contributed by atoms with van der Waals surface area (Å²) >= 11 is 0. The van der Waals surface area contributed by atoms with Crippen molar-refractivity contribution in [2.24, 2.45) is 0 Å². The molecule has 1 aromatic heterocycles. The topological polar surface area (TPSA) is 98.3 Å². The number of nitrogens with zero attached hydrogens (tertiary/aromatic N) is 2. The number of aromatic nitrogens is 1. The molecule has 20 heavy (non-hydrogen) atoms. The average Bonchev–Trinajstić information content (AvgIpc) is 2.71. The first kappa shape index (κ1) is 13.7. The molecule has 104 valence electrons. The zero-order valence-corrected chi connectivity index (χ0v) is 10.6. The smallest absolute Gasteiger partial charge is 0.270 e. The van der Waals surface area contributed by atoms with Gasteiger partial charge in [-0.05, 0) is 19.9 Å². The van der Waals surface area contributed by atoms with Gasteiger partial charge in [-0.25, -0.2) is 4.39 Å². The molecule has 1 heterocycles. The highest BCUT2D eigenvalue weighted by atomic mass is 19.1. The zero-order chi connectivity index (χ0) is 14.9. The first-order valence-corrected chi connectivity index (χ1v) is 5.58. The maximum Gasteiger partial charge on any atom is 0.270 e. The Balaban J connectivity index is 2.31. The third-order valence-corrected chi connectivity index (χ3v) is 2.79. The van der Waals surface area contributed by atoms with Gasteiger partial charge in [0.1, 0.15) is 5.82 Å². The molecule has 8 heteroatoms. The molecule has 7 nitrogen and oxygen atoms in total. The standard InChI is InChI=1S/C12H10FN3O4/c1-6-7(2)15-20-12(6)14-11(17)9-5-8(16(18)19)3-4-10(9)13/h3-5H,1-2H3,(H,14,17). The highest BCUT2D eigenvalue weighted by Crippen LogP contribution is 2.21. The largest absolute Gasteiger partial charge is 0.338 e. The van der Waals surface area contributed by atoms with Crippen molar-refractivity contribution >= 4 is 17.5 Å². The Morgan fingerprint density at radius 1 is 1.45 bits per heavy atom. The molecule has 0 unspecified atom stereocenters. The zero-order valence-electron chi connectivity index (χ0n) is 10.6. The summed E-state index contributed by atoms with van der Waals surface area (Å²) in [6.45, 7) is 3.35. The van der Waals surface area contributed by atoms with Gasteiger partial charge >= 0.3 is 0 Å². The third-order valence-electron chi connectivity index (χ3n) is 2.79. The molecule has 0 fully saturated rings. The number of rotatable bonds is 3. The number of aryl methyl sites for hydroxylation is 1. The number of nitro groups is 1. The van der Waals surface area contributed by atoms with Crippen LogP contribution in [0.4, 0.5) is 16.0 Å². The summed E-state index contributed by atoms with van der Waals surface area (Å²) in [5.41, 5.74) is 0.374. The van der Waals surface area contributed by atoms with Crippen LogP contribution < -0.4 is 5.32 Å². The van der Waals surface area contributed by atoms with Crippen LogP contribution >= 0.6 is 0 Å². The van der Waals surface area contributed by atoms with Crippen molar-refractivity contribution in [1.82, 2.24) is 5.16 Å². The summed E-state index contributed by atoms with van der Waals surface area (Å²) in [4.78, 5) is 21.8. The molecular formula is C12H10FN3O4. The maximum absolute atomic E-state index is 13.6. The van der Waals surface area contributed by atoms with Gasteiger partial charge in [0.2, 0.25) is 5.88 Å². The van der Waals surface area contributed by atoms with E-state index in [9.17, 15) is 19.3 Å². The van der Waals surface area contributed by atoms with Crippen molar-refractivity contribution < 1.29 is 18.6 Å². The molecule has 0 atom stereocenters. The van der Waals surface area contributed by atoms with Gasteiger partial charge in [0.05, 0.1) is 16.2 Å². The molecule has 0 spiro atoms. The molecule has 2 aromatic rings. The summed E-state index contributed by atoms with van der Waals surface area (Å²) in [7, 11) is 0. The fourth-order valence-electron chi connectivity index (χ4n) is 1.50. The number of amides is 1. The average molecular weight is 279 g/mol. The summed E-state index contributed by atoms with van der Waals surface area (Å²) < 4.78 is 18.4. The minimum absolute atomic E-state index is 0.0819. The van der Waals surface area contributed by atoms with Gasteiger partial charge in [-0.2, -0.15) is 0 Å². The Morgan fingerprint density at radius 3 is 2.70 bits per heavy atom. The van der Waals surface area contributed by atoms with Gasteiger partial charge in [0, 0.05) is 17.7 Å². The quantitative estimate of drug-likeness (QED) is 0.687. The van der Waals surface area contributed by atoms with Crippen LogP contribution in [-0.4, -0.2) is 16.0 Å². The summed E-state index contributed by atoms with van der Waals surface area (Å²) in [6, 6.07) is 2.71. The number of carbonyl (C=O) groups excluding carboxylic acids is 1. The predicted molar refractivity (Wildman–Crippen MR) is 67.0 cm³/mol. The Labute approximate surface area is 112 Å². The van der Waals surface area contributed by atoms with Gasteiger partial charge in [-0.3, -0.25) is 20.2 Å². The Kier molecular flexibility index (Phi) is 3.47. The number of halogens is 1. The van der Waals surface area contributed by atoms with E-state index in [4.69, 9.17) is 4.52 Å². The van der Waals surface area contributed by atoms with E-state index in [0.29, 0.717) is 11.3 Å². The molecule has 1 N–H and O–H groups in total. The molecule has 0 saturated heterocycles. The molecule has 0 saturated carbocycles. The van der Waals surface area contributed by atoms with Gasteiger partial charge in [0.15, 0.2) is 0 Å². The predicted octanol–water partition coefficient (Wildman–Crippen LogP) is 2.59. The van der Waals surface area contributed by atoms with Crippen LogP contribution in [0, 0.1) is 29.8 Å². The fraction of sp³-hybridized carbons (Fsp3) is 0.167. The Hall–Kier alpha value is -2.77. The Morgan fingerprint density at radius 2 is 2.15 bits per heavy atom. The molecule has 1 aromatic carbocycles. The van der Waals surface area contributed by atoms with Crippen LogP contribution in [0.3, 0.4) is 0 Å². The lowest BCUT2D eigenvalue weighted by Crippen LogP contribution is -2.14. The van der Waals surface area contributed by atoms with Crippen molar-refractivity contribution in [3.8, 4) is 0 Å². The van der Waals surface area contributed by atoms with E-state index >= 15 is 0 Å². The van der Waals surface area contributed by atoms with E-state index in [2.05, 4.69) is 10.5 Å². The van der Waals surface area contributed by atoms with Crippen LogP contribution in [0.5, 0.6) is 0 Å². The number of nitrogens with one attached hydrogen (secondary N) is 1. The van der Waals surface area contributed by atoms with Crippen LogP contribution in [0.1, 0.15) is 21.6 Å². The molecule has 0 aliphatic carbocycles. The van der Waals surface area contributed by atoms with Crippen LogP contribution in [0.15, 0.2) is 22.7 Å².